The number of thiophene rings is 1. The molecule has 1 N–H and O–H groups in total. The molecule has 0 radical (unpaired) electrons. The van der Waals surface area contributed by atoms with Crippen molar-refractivity contribution in [2.45, 2.75) is 25.3 Å². The lowest BCUT2D eigenvalue weighted by Crippen LogP contribution is -2.26. The number of hydrogen-bond donors (Lipinski definition) is 1. The normalized spacial score (nSPS) is 16.6. The number of hydrazone groups is 1. The van der Waals surface area contributed by atoms with E-state index < -0.39 is 5.97 Å². The van der Waals surface area contributed by atoms with E-state index in [2.05, 4.69) is 5.10 Å². The molecule has 1 aromatic heterocycles. The Balaban J connectivity index is 1.88. The Morgan fingerprint density at radius 2 is 2.16 bits per heavy atom. The van der Waals surface area contributed by atoms with E-state index in [1.165, 1.54) is 5.01 Å². The maximum atomic E-state index is 12.5. The molecule has 0 bridgehead atoms. The van der Waals surface area contributed by atoms with Crippen LogP contribution in [0.2, 0.25) is 0 Å². The third kappa shape index (κ3) is 3.88. The summed E-state index contributed by atoms with van der Waals surface area (Å²) in [7, 11) is 1.60. The number of carbonyl (C=O) groups excluding carboxylic acids is 1. The van der Waals surface area contributed by atoms with Crippen molar-refractivity contribution < 1.29 is 19.4 Å². The number of hydrogen-bond acceptors (Lipinski definition) is 5. The number of aliphatic carboxylic acids is 1. The summed E-state index contributed by atoms with van der Waals surface area (Å²) in [6.07, 6.45) is 0.328. The summed E-state index contributed by atoms with van der Waals surface area (Å²) in [5, 5.41) is 16.7. The van der Waals surface area contributed by atoms with Crippen molar-refractivity contribution >= 4 is 28.9 Å². The molecule has 3 rings (SSSR count). The predicted molar refractivity (Wildman–Crippen MR) is 94.9 cm³/mol. The van der Waals surface area contributed by atoms with E-state index in [4.69, 9.17) is 9.84 Å². The molecule has 2 aromatic rings. The maximum Gasteiger partial charge on any atom is 0.303 e. The maximum absolute atomic E-state index is 12.5. The Labute approximate surface area is 149 Å². The van der Waals surface area contributed by atoms with Crippen LogP contribution in [0, 0.1) is 0 Å². The number of carboxylic acid groups (broad SMARTS) is 1. The Morgan fingerprint density at radius 3 is 2.84 bits per heavy atom. The third-order valence-electron chi connectivity index (χ3n) is 3.99. The fourth-order valence-corrected chi connectivity index (χ4v) is 3.56. The zero-order chi connectivity index (χ0) is 17.8. The average Bonchev–Trinajstić information content (AvgIpc) is 3.28. The fraction of sp³-hybridized carbons (Fsp3) is 0.278. The van der Waals surface area contributed by atoms with Gasteiger partial charge >= 0.3 is 5.97 Å². The second-order valence-corrected chi connectivity index (χ2v) is 6.63. The monoisotopic (exact) mass is 358 g/mol. The van der Waals surface area contributed by atoms with Gasteiger partial charge in [0.1, 0.15) is 5.75 Å². The molecule has 0 saturated carbocycles. The molecule has 7 heteroatoms. The Kier molecular flexibility index (Phi) is 5.14. The van der Waals surface area contributed by atoms with Crippen molar-refractivity contribution in [3.8, 4) is 5.75 Å². The van der Waals surface area contributed by atoms with Crippen LogP contribution in [-0.4, -0.2) is 34.8 Å². The Morgan fingerprint density at radius 1 is 1.32 bits per heavy atom. The number of rotatable bonds is 6. The molecule has 0 aliphatic carbocycles. The average molecular weight is 358 g/mol. The van der Waals surface area contributed by atoms with Crippen molar-refractivity contribution in [3.05, 3.63) is 52.2 Å². The van der Waals surface area contributed by atoms with Gasteiger partial charge in [-0.05, 0) is 23.6 Å². The smallest absolute Gasteiger partial charge is 0.303 e. The summed E-state index contributed by atoms with van der Waals surface area (Å²) in [4.78, 5) is 24.3. The van der Waals surface area contributed by atoms with Crippen molar-refractivity contribution in [1.29, 1.82) is 0 Å². The molecular formula is C18H18N2O4S. The van der Waals surface area contributed by atoms with Gasteiger partial charge in [0.2, 0.25) is 5.91 Å². The van der Waals surface area contributed by atoms with Gasteiger partial charge in [0, 0.05) is 23.3 Å². The number of carbonyl (C=O) groups is 2. The molecule has 1 aliphatic rings. The van der Waals surface area contributed by atoms with E-state index in [1.54, 1.807) is 18.4 Å². The molecule has 1 aliphatic heterocycles. The minimum atomic E-state index is -0.989. The molecule has 1 amide bonds. The fourth-order valence-electron chi connectivity index (χ4n) is 2.75. The van der Waals surface area contributed by atoms with Gasteiger partial charge in [-0.2, -0.15) is 5.10 Å². The lowest BCUT2D eigenvalue weighted by Gasteiger charge is -2.20. The van der Waals surface area contributed by atoms with Crippen LogP contribution < -0.4 is 4.74 Å². The van der Waals surface area contributed by atoms with E-state index in [0.717, 1.165) is 21.9 Å². The number of methoxy groups -OCH3 is 1. The van der Waals surface area contributed by atoms with Gasteiger partial charge in [-0.25, -0.2) is 5.01 Å². The standard InChI is InChI=1S/C18H18N2O4S/c1-24-13-5-2-4-12(10-13)14-11-15(16-6-3-9-25-16)20(19-14)17(21)7-8-18(22)23/h2-6,9-10,15H,7-8,11H2,1H3,(H,22,23). The lowest BCUT2D eigenvalue weighted by molar-refractivity contribution is -0.141. The quantitative estimate of drug-likeness (QED) is 0.859. The second kappa shape index (κ2) is 7.48. The number of carboxylic acids is 1. The third-order valence-corrected chi connectivity index (χ3v) is 4.97. The number of nitrogens with zero attached hydrogens (tertiary/aromatic N) is 2. The number of amides is 1. The minimum Gasteiger partial charge on any atom is -0.497 e. The van der Waals surface area contributed by atoms with E-state index in [0.29, 0.717) is 6.42 Å². The van der Waals surface area contributed by atoms with Crippen LogP contribution in [0.25, 0.3) is 0 Å². The van der Waals surface area contributed by atoms with E-state index in [1.807, 2.05) is 41.8 Å². The molecule has 1 atom stereocenters. The summed E-state index contributed by atoms with van der Waals surface area (Å²) in [6, 6.07) is 11.3. The van der Waals surface area contributed by atoms with Gasteiger partial charge < -0.3 is 9.84 Å². The molecule has 25 heavy (non-hydrogen) atoms. The second-order valence-electron chi connectivity index (χ2n) is 5.65. The van der Waals surface area contributed by atoms with Crippen molar-refractivity contribution in [2.24, 2.45) is 5.10 Å². The highest BCUT2D eigenvalue weighted by Gasteiger charge is 2.33. The molecular weight excluding hydrogens is 340 g/mol. The van der Waals surface area contributed by atoms with Crippen LogP contribution in [0.1, 0.15) is 35.7 Å². The Bertz CT molecular complexity index is 801. The van der Waals surface area contributed by atoms with Gasteiger partial charge in [-0.3, -0.25) is 9.59 Å². The highest BCUT2D eigenvalue weighted by atomic mass is 32.1. The van der Waals surface area contributed by atoms with E-state index in [9.17, 15) is 9.59 Å². The molecule has 1 aromatic carbocycles. The van der Waals surface area contributed by atoms with Crippen LogP contribution in [0.5, 0.6) is 5.75 Å². The molecule has 6 nitrogen and oxygen atoms in total. The highest BCUT2D eigenvalue weighted by Crippen LogP contribution is 2.36. The molecule has 0 saturated heterocycles. The lowest BCUT2D eigenvalue weighted by atomic mass is 10.0. The molecule has 0 spiro atoms. The predicted octanol–water partition coefficient (Wildman–Crippen LogP) is 3.30. The molecule has 2 heterocycles. The van der Waals surface area contributed by atoms with Gasteiger partial charge in [0.05, 0.1) is 25.3 Å². The first-order valence-corrected chi connectivity index (χ1v) is 8.75. The Hall–Kier alpha value is -2.67. The summed E-state index contributed by atoms with van der Waals surface area (Å²) < 4.78 is 5.25. The van der Waals surface area contributed by atoms with Crippen LogP contribution >= 0.6 is 11.3 Å². The summed E-state index contributed by atoms with van der Waals surface area (Å²) in [5.41, 5.74) is 1.69. The SMILES string of the molecule is COc1cccc(C2=NN(C(=O)CCC(=O)O)C(c3cccs3)C2)c1. The van der Waals surface area contributed by atoms with Crippen LogP contribution in [0.15, 0.2) is 46.9 Å². The van der Waals surface area contributed by atoms with Crippen LogP contribution in [-0.2, 0) is 9.59 Å². The topological polar surface area (TPSA) is 79.2 Å². The highest BCUT2D eigenvalue weighted by molar-refractivity contribution is 7.10. The van der Waals surface area contributed by atoms with E-state index >= 15 is 0 Å². The van der Waals surface area contributed by atoms with Gasteiger partial charge in [0.15, 0.2) is 0 Å². The van der Waals surface area contributed by atoms with Gasteiger partial charge in [-0.15, -0.1) is 11.3 Å². The number of ether oxygens (including phenoxy) is 1. The van der Waals surface area contributed by atoms with Crippen molar-refractivity contribution in [2.75, 3.05) is 7.11 Å². The molecule has 0 fully saturated rings. The first-order valence-electron chi connectivity index (χ1n) is 7.87. The largest absolute Gasteiger partial charge is 0.497 e. The minimum absolute atomic E-state index is 0.0634. The van der Waals surface area contributed by atoms with Crippen LogP contribution in [0.4, 0.5) is 0 Å². The summed E-state index contributed by atoms with van der Waals surface area (Å²) in [5.74, 6) is -0.542. The number of benzene rings is 1. The molecule has 1 unspecified atom stereocenters. The van der Waals surface area contributed by atoms with Crippen molar-refractivity contribution in [3.63, 3.8) is 0 Å². The van der Waals surface area contributed by atoms with Gasteiger partial charge in [0.25, 0.3) is 0 Å². The zero-order valence-corrected chi connectivity index (χ0v) is 14.5. The van der Waals surface area contributed by atoms with E-state index in [-0.39, 0.29) is 24.8 Å². The zero-order valence-electron chi connectivity index (χ0n) is 13.7. The summed E-state index contributed by atoms with van der Waals surface area (Å²) >= 11 is 1.56. The summed E-state index contributed by atoms with van der Waals surface area (Å²) in [6.45, 7) is 0. The molecule has 130 valence electrons. The first-order chi connectivity index (χ1) is 12.1. The van der Waals surface area contributed by atoms with Crippen LogP contribution in [0.3, 0.4) is 0 Å². The first kappa shape index (κ1) is 17.2. The van der Waals surface area contributed by atoms with Crippen molar-refractivity contribution in [1.82, 2.24) is 5.01 Å². The van der Waals surface area contributed by atoms with Gasteiger partial charge in [-0.1, -0.05) is 18.2 Å².